The number of alkyl halides is 3. The second kappa shape index (κ2) is 5.72. The Morgan fingerprint density at radius 1 is 1.15 bits per heavy atom. The fraction of sp³-hybridized carbons (Fsp3) is 0.417. The summed E-state index contributed by atoms with van der Waals surface area (Å²) in [7, 11) is 0. The summed E-state index contributed by atoms with van der Waals surface area (Å²) in [6.45, 7) is 3.07. The molecule has 0 heterocycles. The molecule has 0 radical (unpaired) electrons. The van der Waals surface area contributed by atoms with E-state index in [-0.39, 0.29) is 18.6 Å². The summed E-state index contributed by atoms with van der Waals surface area (Å²) < 4.78 is 81.2. The molecule has 0 aliphatic heterocycles. The number of benzene rings is 1. The Labute approximate surface area is 110 Å². The molecule has 2 nitrogen and oxygen atoms in total. The van der Waals surface area contributed by atoms with Crippen molar-refractivity contribution in [3.05, 3.63) is 34.6 Å². The van der Waals surface area contributed by atoms with Gasteiger partial charge in [0.25, 0.3) is 0 Å². The first kappa shape index (κ1) is 16.3. The number of rotatable bonds is 3. The minimum Gasteiger partial charge on any atom is -0.462 e. The van der Waals surface area contributed by atoms with Crippen molar-refractivity contribution in [2.45, 2.75) is 20.0 Å². The Hall–Kier alpha value is -1.73. The molecule has 1 rings (SSSR count). The maximum absolute atomic E-state index is 13.3. The highest BCUT2D eigenvalue weighted by atomic mass is 19.4. The quantitative estimate of drug-likeness (QED) is 0.480. The number of carbonyl (C=O) groups is 1. The zero-order valence-electron chi connectivity index (χ0n) is 10.4. The van der Waals surface area contributed by atoms with Crippen molar-refractivity contribution >= 4 is 5.97 Å². The van der Waals surface area contributed by atoms with E-state index in [1.54, 1.807) is 13.8 Å². The van der Waals surface area contributed by atoms with Crippen LogP contribution in [0.3, 0.4) is 0 Å². The molecule has 0 aliphatic rings. The summed E-state index contributed by atoms with van der Waals surface area (Å²) in [5.41, 5.74) is -3.36. The van der Waals surface area contributed by atoms with Crippen molar-refractivity contribution in [3.8, 4) is 0 Å². The summed E-state index contributed by atoms with van der Waals surface area (Å²) in [5, 5.41) is 0. The predicted octanol–water partition coefficient (Wildman–Crippen LogP) is 3.94. The van der Waals surface area contributed by atoms with Crippen LogP contribution in [0.2, 0.25) is 0 Å². The van der Waals surface area contributed by atoms with Crippen molar-refractivity contribution in [3.63, 3.8) is 0 Å². The third-order valence-electron chi connectivity index (χ3n) is 2.22. The molecule has 0 amide bonds. The molecular weight excluding hydrogens is 290 g/mol. The van der Waals surface area contributed by atoms with E-state index in [1.807, 2.05) is 0 Å². The van der Waals surface area contributed by atoms with Gasteiger partial charge in [-0.05, 0) is 12.0 Å². The summed E-state index contributed by atoms with van der Waals surface area (Å²) in [5.74, 6) is -8.41. The van der Waals surface area contributed by atoms with Gasteiger partial charge in [-0.1, -0.05) is 13.8 Å². The molecular formula is C12H10F6O2. The Kier molecular flexibility index (Phi) is 4.67. The van der Waals surface area contributed by atoms with E-state index in [1.165, 1.54) is 0 Å². The number of carbonyl (C=O) groups excluding carboxylic acids is 1. The van der Waals surface area contributed by atoms with Gasteiger partial charge in [0.05, 0.1) is 17.7 Å². The summed E-state index contributed by atoms with van der Waals surface area (Å²) in [6, 6.07) is -0.101. The first-order valence-electron chi connectivity index (χ1n) is 5.47. The molecule has 0 spiro atoms. The van der Waals surface area contributed by atoms with Crippen LogP contribution >= 0.6 is 0 Å². The van der Waals surface area contributed by atoms with Crippen molar-refractivity contribution in [2.75, 3.05) is 6.61 Å². The van der Waals surface area contributed by atoms with E-state index in [2.05, 4.69) is 4.74 Å². The number of hydrogen-bond acceptors (Lipinski definition) is 2. The van der Waals surface area contributed by atoms with Gasteiger partial charge in [-0.3, -0.25) is 0 Å². The molecule has 0 saturated carbocycles. The lowest BCUT2D eigenvalue weighted by molar-refractivity contribution is -0.140. The van der Waals surface area contributed by atoms with Crippen LogP contribution in [-0.4, -0.2) is 12.6 Å². The van der Waals surface area contributed by atoms with Crippen molar-refractivity contribution in [2.24, 2.45) is 5.92 Å². The maximum Gasteiger partial charge on any atom is 0.419 e. The molecule has 0 atom stereocenters. The van der Waals surface area contributed by atoms with Crippen LogP contribution in [0.4, 0.5) is 26.3 Å². The first-order chi connectivity index (χ1) is 9.05. The van der Waals surface area contributed by atoms with Crippen LogP contribution in [0.15, 0.2) is 6.07 Å². The van der Waals surface area contributed by atoms with Gasteiger partial charge in [0.2, 0.25) is 0 Å². The van der Waals surface area contributed by atoms with E-state index >= 15 is 0 Å². The molecule has 112 valence electrons. The SMILES string of the molecule is CC(C)COC(=O)c1cc(C(F)(F)F)c(F)c(F)c1F. The number of esters is 1. The minimum absolute atomic E-state index is 0.101. The molecule has 0 saturated heterocycles. The molecule has 0 bridgehead atoms. The number of ether oxygens (including phenoxy) is 1. The lowest BCUT2D eigenvalue weighted by Crippen LogP contribution is -2.17. The molecule has 0 unspecified atom stereocenters. The van der Waals surface area contributed by atoms with Crippen LogP contribution < -0.4 is 0 Å². The van der Waals surface area contributed by atoms with Gasteiger partial charge < -0.3 is 4.74 Å². The van der Waals surface area contributed by atoms with E-state index < -0.39 is 40.7 Å². The Morgan fingerprint density at radius 2 is 1.70 bits per heavy atom. The normalized spacial score (nSPS) is 11.8. The Morgan fingerprint density at radius 3 is 2.15 bits per heavy atom. The van der Waals surface area contributed by atoms with Gasteiger partial charge in [-0.25, -0.2) is 18.0 Å². The highest BCUT2D eigenvalue weighted by Gasteiger charge is 2.38. The average molecular weight is 300 g/mol. The van der Waals surface area contributed by atoms with E-state index in [9.17, 15) is 31.1 Å². The highest BCUT2D eigenvalue weighted by Crippen LogP contribution is 2.34. The van der Waals surface area contributed by atoms with Crippen LogP contribution in [0.1, 0.15) is 29.8 Å². The fourth-order valence-electron chi connectivity index (χ4n) is 1.28. The molecule has 20 heavy (non-hydrogen) atoms. The smallest absolute Gasteiger partial charge is 0.419 e. The summed E-state index contributed by atoms with van der Waals surface area (Å²) in [4.78, 5) is 11.4. The second-order valence-electron chi connectivity index (χ2n) is 4.40. The van der Waals surface area contributed by atoms with Crippen molar-refractivity contribution in [1.29, 1.82) is 0 Å². The molecule has 0 fully saturated rings. The van der Waals surface area contributed by atoms with Gasteiger partial charge in [0.1, 0.15) is 0 Å². The molecule has 0 aliphatic carbocycles. The van der Waals surface area contributed by atoms with Crippen molar-refractivity contribution in [1.82, 2.24) is 0 Å². The van der Waals surface area contributed by atoms with Crippen LogP contribution in [0.5, 0.6) is 0 Å². The Balaban J connectivity index is 3.27. The molecule has 1 aromatic rings. The number of hydrogen-bond donors (Lipinski definition) is 0. The first-order valence-corrected chi connectivity index (χ1v) is 5.47. The van der Waals surface area contributed by atoms with Crippen LogP contribution in [-0.2, 0) is 10.9 Å². The molecule has 8 heteroatoms. The van der Waals surface area contributed by atoms with Gasteiger partial charge >= 0.3 is 12.1 Å². The molecule has 0 N–H and O–H groups in total. The van der Waals surface area contributed by atoms with Gasteiger partial charge in [-0.15, -0.1) is 0 Å². The van der Waals surface area contributed by atoms with E-state index in [0.29, 0.717) is 0 Å². The third kappa shape index (κ3) is 3.43. The lowest BCUT2D eigenvalue weighted by Gasteiger charge is -2.12. The Bertz CT molecular complexity index is 522. The topological polar surface area (TPSA) is 26.3 Å². The highest BCUT2D eigenvalue weighted by molar-refractivity contribution is 5.90. The zero-order chi connectivity index (χ0) is 15.7. The average Bonchev–Trinajstić information content (AvgIpc) is 2.31. The maximum atomic E-state index is 13.3. The van der Waals surface area contributed by atoms with E-state index in [4.69, 9.17) is 0 Å². The van der Waals surface area contributed by atoms with Crippen molar-refractivity contribution < 1.29 is 35.9 Å². The zero-order valence-corrected chi connectivity index (χ0v) is 10.4. The summed E-state index contributed by atoms with van der Waals surface area (Å²) in [6.07, 6.45) is -5.26. The monoisotopic (exact) mass is 300 g/mol. The number of halogens is 6. The lowest BCUT2D eigenvalue weighted by atomic mass is 10.1. The largest absolute Gasteiger partial charge is 0.462 e. The summed E-state index contributed by atoms with van der Waals surface area (Å²) >= 11 is 0. The fourth-order valence-corrected chi connectivity index (χ4v) is 1.28. The molecule has 1 aromatic carbocycles. The van der Waals surface area contributed by atoms with Crippen LogP contribution in [0, 0.1) is 23.4 Å². The predicted molar refractivity (Wildman–Crippen MR) is 56.4 cm³/mol. The van der Waals surface area contributed by atoms with Gasteiger partial charge in [0, 0.05) is 0 Å². The minimum atomic E-state index is -5.26. The third-order valence-corrected chi connectivity index (χ3v) is 2.22. The standard InChI is InChI=1S/C12H10F6O2/c1-5(2)4-20-11(19)6-3-7(12(16,17)18)9(14)10(15)8(6)13/h3,5H,4H2,1-2H3. The van der Waals surface area contributed by atoms with Gasteiger partial charge in [0.15, 0.2) is 17.5 Å². The molecule has 0 aromatic heterocycles. The van der Waals surface area contributed by atoms with Gasteiger partial charge in [-0.2, -0.15) is 13.2 Å². The van der Waals surface area contributed by atoms with Crippen LogP contribution in [0.25, 0.3) is 0 Å². The van der Waals surface area contributed by atoms with E-state index in [0.717, 1.165) is 0 Å². The second-order valence-corrected chi connectivity index (χ2v) is 4.40.